The Balaban J connectivity index is 2.17. The van der Waals surface area contributed by atoms with Gasteiger partial charge in [-0.25, -0.2) is 0 Å². The second kappa shape index (κ2) is 3.65. The molecule has 0 aliphatic carbocycles. The molecule has 3 heteroatoms. The largest absolute Gasteiger partial charge is 0.364 e. The van der Waals surface area contributed by atoms with E-state index < -0.39 is 0 Å². The van der Waals surface area contributed by atoms with Gasteiger partial charge < -0.3 is 10.1 Å². The van der Waals surface area contributed by atoms with Gasteiger partial charge in [-0.15, -0.1) is 11.3 Å². The molecule has 0 spiro atoms. The molecule has 2 nitrogen and oxygen atoms in total. The van der Waals surface area contributed by atoms with Crippen molar-refractivity contribution in [1.29, 1.82) is 0 Å². The van der Waals surface area contributed by atoms with Crippen molar-refractivity contribution in [3.05, 3.63) is 22.4 Å². The minimum absolute atomic E-state index is 0.0544. The van der Waals surface area contributed by atoms with Gasteiger partial charge >= 0.3 is 0 Å². The molecule has 0 saturated carbocycles. The van der Waals surface area contributed by atoms with Crippen LogP contribution in [0.1, 0.15) is 31.8 Å². The fourth-order valence-electron chi connectivity index (χ4n) is 1.76. The van der Waals surface area contributed by atoms with Crippen molar-refractivity contribution in [2.75, 3.05) is 6.54 Å². The Hall–Kier alpha value is -0.380. The highest BCUT2D eigenvalue weighted by Crippen LogP contribution is 2.32. The topological polar surface area (TPSA) is 21.3 Å². The zero-order chi connectivity index (χ0) is 10.2. The number of morpholine rings is 1. The molecule has 2 atom stereocenters. The summed E-state index contributed by atoms with van der Waals surface area (Å²) in [6, 6.07) is 4.63. The number of rotatable bonds is 1. The van der Waals surface area contributed by atoms with Crippen molar-refractivity contribution in [2.24, 2.45) is 0 Å². The van der Waals surface area contributed by atoms with Crippen molar-refractivity contribution < 1.29 is 4.74 Å². The van der Waals surface area contributed by atoms with E-state index in [2.05, 4.69) is 43.6 Å². The highest BCUT2D eigenvalue weighted by Gasteiger charge is 2.34. The van der Waals surface area contributed by atoms with E-state index in [0.717, 1.165) is 6.54 Å². The summed E-state index contributed by atoms with van der Waals surface area (Å²) in [6.45, 7) is 7.37. The third-order valence-electron chi connectivity index (χ3n) is 2.57. The normalized spacial score (nSPS) is 31.6. The fraction of sp³-hybridized carbons (Fsp3) is 0.636. The van der Waals surface area contributed by atoms with Crippen LogP contribution in [0, 0.1) is 0 Å². The molecule has 0 aromatic carbocycles. The molecule has 0 radical (unpaired) electrons. The first-order valence-electron chi connectivity index (χ1n) is 5.03. The second-order valence-corrected chi connectivity index (χ2v) is 5.46. The van der Waals surface area contributed by atoms with Crippen LogP contribution in [0.2, 0.25) is 0 Å². The van der Waals surface area contributed by atoms with Crippen molar-refractivity contribution in [3.63, 3.8) is 0 Å². The molecule has 1 aromatic rings. The van der Waals surface area contributed by atoms with Crippen LogP contribution in [-0.4, -0.2) is 18.2 Å². The van der Waals surface area contributed by atoms with Crippen molar-refractivity contribution in [2.45, 2.75) is 38.5 Å². The zero-order valence-electron chi connectivity index (χ0n) is 8.91. The summed E-state index contributed by atoms with van der Waals surface area (Å²) in [7, 11) is 0. The van der Waals surface area contributed by atoms with E-state index in [1.807, 2.05) is 0 Å². The lowest BCUT2D eigenvalue weighted by Crippen LogP contribution is -2.51. The molecule has 1 aliphatic heterocycles. The zero-order valence-corrected chi connectivity index (χ0v) is 9.73. The third-order valence-corrected chi connectivity index (χ3v) is 3.51. The Kier molecular flexibility index (Phi) is 2.64. The summed E-state index contributed by atoms with van der Waals surface area (Å²) in [4.78, 5) is 1.32. The molecule has 1 aliphatic rings. The van der Waals surface area contributed by atoms with Crippen LogP contribution in [0.4, 0.5) is 0 Å². The monoisotopic (exact) mass is 211 g/mol. The molecule has 1 saturated heterocycles. The quantitative estimate of drug-likeness (QED) is 0.771. The van der Waals surface area contributed by atoms with Crippen molar-refractivity contribution in [3.8, 4) is 0 Å². The van der Waals surface area contributed by atoms with E-state index in [9.17, 15) is 0 Å². The van der Waals surface area contributed by atoms with E-state index in [1.165, 1.54) is 4.88 Å². The summed E-state index contributed by atoms with van der Waals surface area (Å²) >= 11 is 1.77. The predicted octanol–water partition coefficient (Wildman–Crippen LogP) is 2.58. The summed E-state index contributed by atoms with van der Waals surface area (Å²) in [5, 5.41) is 5.60. The lowest BCUT2D eigenvalue weighted by molar-refractivity contribution is -0.113. The average molecular weight is 211 g/mol. The van der Waals surface area contributed by atoms with Gasteiger partial charge in [0.2, 0.25) is 0 Å². The van der Waals surface area contributed by atoms with E-state index in [1.54, 1.807) is 11.3 Å². The molecule has 78 valence electrons. The van der Waals surface area contributed by atoms with Crippen LogP contribution >= 0.6 is 11.3 Å². The molecule has 2 rings (SSSR count). The first kappa shape index (κ1) is 10.1. The summed E-state index contributed by atoms with van der Waals surface area (Å²) < 4.78 is 6.08. The maximum Gasteiger partial charge on any atom is 0.107 e. The average Bonchev–Trinajstić information content (AvgIpc) is 2.62. The van der Waals surface area contributed by atoms with E-state index in [4.69, 9.17) is 4.74 Å². The number of ether oxygens (including phenoxy) is 1. The Morgan fingerprint density at radius 3 is 3.00 bits per heavy atom. The summed E-state index contributed by atoms with van der Waals surface area (Å²) in [6.07, 6.45) is 0.207. The smallest absolute Gasteiger partial charge is 0.107 e. The molecule has 0 bridgehead atoms. The molecule has 2 heterocycles. The Morgan fingerprint density at radius 1 is 1.57 bits per heavy atom. The standard InChI is InChI=1S/C11H17NOS/c1-8-10(9-5-4-6-14-9)13-11(2,3)7-12-8/h4-6,8,10,12H,7H2,1-3H3. The van der Waals surface area contributed by atoms with Crippen LogP contribution in [0.25, 0.3) is 0 Å². The van der Waals surface area contributed by atoms with E-state index in [-0.39, 0.29) is 11.7 Å². The Bertz CT molecular complexity index is 294. The van der Waals surface area contributed by atoms with Gasteiger partial charge in [-0.05, 0) is 32.2 Å². The Morgan fingerprint density at radius 2 is 2.36 bits per heavy atom. The lowest BCUT2D eigenvalue weighted by atomic mass is 10.0. The van der Waals surface area contributed by atoms with Crippen LogP contribution in [-0.2, 0) is 4.74 Å². The van der Waals surface area contributed by atoms with Crippen LogP contribution < -0.4 is 5.32 Å². The highest BCUT2D eigenvalue weighted by molar-refractivity contribution is 7.10. The second-order valence-electron chi connectivity index (χ2n) is 4.48. The van der Waals surface area contributed by atoms with Crippen molar-refractivity contribution >= 4 is 11.3 Å². The SMILES string of the molecule is CC1NCC(C)(C)OC1c1cccs1. The van der Waals surface area contributed by atoms with Crippen LogP contribution in [0.15, 0.2) is 17.5 Å². The molecule has 1 fully saturated rings. The van der Waals surface area contributed by atoms with Gasteiger partial charge in [0.05, 0.1) is 5.60 Å². The molecule has 14 heavy (non-hydrogen) atoms. The van der Waals surface area contributed by atoms with Crippen LogP contribution in [0.5, 0.6) is 0 Å². The molecular formula is C11H17NOS. The van der Waals surface area contributed by atoms with Crippen LogP contribution in [0.3, 0.4) is 0 Å². The van der Waals surface area contributed by atoms with Gasteiger partial charge in [0, 0.05) is 17.5 Å². The molecule has 2 unspecified atom stereocenters. The van der Waals surface area contributed by atoms with E-state index >= 15 is 0 Å². The van der Waals surface area contributed by atoms with Gasteiger partial charge in [0.1, 0.15) is 6.10 Å². The third kappa shape index (κ3) is 2.00. The van der Waals surface area contributed by atoms with E-state index in [0.29, 0.717) is 6.04 Å². The molecular weight excluding hydrogens is 194 g/mol. The van der Waals surface area contributed by atoms with Gasteiger partial charge in [-0.1, -0.05) is 6.07 Å². The first-order chi connectivity index (χ1) is 6.58. The number of hydrogen-bond donors (Lipinski definition) is 1. The van der Waals surface area contributed by atoms with Gasteiger partial charge in [0.15, 0.2) is 0 Å². The fourth-order valence-corrected chi connectivity index (χ4v) is 2.62. The number of hydrogen-bond acceptors (Lipinski definition) is 3. The first-order valence-corrected chi connectivity index (χ1v) is 5.91. The maximum atomic E-state index is 6.08. The van der Waals surface area contributed by atoms with Gasteiger partial charge in [0.25, 0.3) is 0 Å². The molecule has 1 N–H and O–H groups in total. The number of thiophene rings is 1. The highest BCUT2D eigenvalue weighted by atomic mass is 32.1. The van der Waals surface area contributed by atoms with Crippen molar-refractivity contribution in [1.82, 2.24) is 5.32 Å². The van der Waals surface area contributed by atoms with Gasteiger partial charge in [-0.2, -0.15) is 0 Å². The van der Waals surface area contributed by atoms with Gasteiger partial charge in [-0.3, -0.25) is 0 Å². The lowest BCUT2D eigenvalue weighted by Gasteiger charge is -2.40. The Labute approximate surface area is 89.3 Å². The molecule has 1 aromatic heterocycles. The summed E-state index contributed by atoms with van der Waals surface area (Å²) in [5.74, 6) is 0. The minimum Gasteiger partial charge on any atom is -0.364 e. The molecule has 0 amide bonds. The minimum atomic E-state index is -0.0544. The number of nitrogens with one attached hydrogen (secondary N) is 1. The predicted molar refractivity (Wildman–Crippen MR) is 59.7 cm³/mol. The summed E-state index contributed by atoms with van der Waals surface area (Å²) in [5.41, 5.74) is -0.0544. The maximum absolute atomic E-state index is 6.08.